The van der Waals surface area contributed by atoms with Gasteiger partial charge in [0.05, 0.1) is 18.7 Å². The van der Waals surface area contributed by atoms with Gasteiger partial charge < -0.3 is 0 Å². The Labute approximate surface area is 130 Å². The van der Waals surface area contributed by atoms with Gasteiger partial charge in [-0.3, -0.25) is 4.72 Å². The molecular formula is C15H20N3O3S+. The predicted octanol–water partition coefficient (Wildman–Crippen LogP) is 1.61. The van der Waals surface area contributed by atoms with Crippen LogP contribution in [0.5, 0.6) is 0 Å². The quantitative estimate of drug-likeness (QED) is 0.850. The molecule has 0 aliphatic carbocycles. The summed E-state index contributed by atoms with van der Waals surface area (Å²) < 4.78 is 28.2. The molecule has 1 heterocycles. The zero-order valence-electron chi connectivity index (χ0n) is 12.9. The summed E-state index contributed by atoms with van der Waals surface area (Å²) in [4.78, 5) is 12.2. The number of imidazole rings is 1. The third-order valence-electron chi connectivity index (χ3n) is 3.15. The van der Waals surface area contributed by atoms with Crippen molar-refractivity contribution in [3.8, 4) is 0 Å². The molecule has 0 fully saturated rings. The molecule has 2 aromatic rings. The Hall–Kier alpha value is -2.15. The summed E-state index contributed by atoms with van der Waals surface area (Å²) in [7, 11) is -3.29. The fraction of sp³-hybridized carbons (Fsp3) is 0.333. The van der Waals surface area contributed by atoms with Crippen LogP contribution in [0.1, 0.15) is 30.2 Å². The van der Waals surface area contributed by atoms with Crippen molar-refractivity contribution in [3.05, 3.63) is 48.5 Å². The number of anilines is 1. The molecule has 118 valence electrons. The third kappa shape index (κ3) is 4.42. The first-order chi connectivity index (χ1) is 10.2. The predicted molar refractivity (Wildman–Crippen MR) is 84.3 cm³/mol. The van der Waals surface area contributed by atoms with Crippen molar-refractivity contribution in [1.29, 1.82) is 0 Å². The number of benzene rings is 1. The van der Waals surface area contributed by atoms with E-state index in [1.165, 1.54) is 0 Å². The fourth-order valence-electron chi connectivity index (χ4n) is 1.99. The van der Waals surface area contributed by atoms with Crippen molar-refractivity contribution in [2.24, 2.45) is 0 Å². The van der Waals surface area contributed by atoms with Gasteiger partial charge >= 0.3 is 5.91 Å². The van der Waals surface area contributed by atoms with Gasteiger partial charge in [0.15, 0.2) is 0 Å². The first-order valence-electron chi connectivity index (χ1n) is 6.93. The molecule has 0 radical (unpaired) electrons. The van der Waals surface area contributed by atoms with E-state index in [1.54, 1.807) is 41.4 Å². The SMILES string of the molecule is CC(C)[n+]1ccn(C(=O)Cc2ccc(NS(C)(=O)=O)cc2)c1. The van der Waals surface area contributed by atoms with Gasteiger partial charge in [-0.15, -0.1) is 0 Å². The summed E-state index contributed by atoms with van der Waals surface area (Å²) in [5.74, 6) is -0.0387. The maximum Gasteiger partial charge on any atom is 0.318 e. The molecule has 6 nitrogen and oxygen atoms in total. The van der Waals surface area contributed by atoms with Crippen LogP contribution in [-0.4, -0.2) is 25.1 Å². The topological polar surface area (TPSA) is 72.0 Å². The van der Waals surface area contributed by atoms with Crippen molar-refractivity contribution in [2.45, 2.75) is 26.3 Å². The standard InChI is InChI=1S/C15H20N3O3S/c1-12(2)17-8-9-18(11-17)15(19)10-13-4-6-14(7-5-13)16-22(3,20)21/h4-9,11-12,16H,10H2,1-3H3/q+1. The Morgan fingerprint density at radius 1 is 1.27 bits per heavy atom. The van der Waals surface area contributed by atoms with Crippen LogP contribution in [0, 0.1) is 0 Å². The number of sulfonamides is 1. The first-order valence-corrected chi connectivity index (χ1v) is 8.82. The highest BCUT2D eigenvalue weighted by atomic mass is 32.2. The molecule has 1 aromatic carbocycles. The smallest absolute Gasteiger partial charge is 0.284 e. The zero-order valence-corrected chi connectivity index (χ0v) is 13.7. The second-order valence-electron chi connectivity index (χ2n) is 5.50. The number of carbonyl (C=O) groups excluding carboxylic acids is 1. The van der Waals surface area contributed by atoms with Crippen molar-refractivity contribution >= 4 is 21.6 Å². The summed E-state index contributed by atoms with van der Waals surface area (Å²) in [6, 6.07) is 7.08. The van der Waals surface area contributed by atoms with Crippen LogP contribution in [0.2, 0.25) is 0 Å². The van der Waals surface area contributed by atoms with Crippen LogP contribution in [0.3, 0.4) is 0 Å². The van der Waals surface area contributed by atoms with Gasteiger partial charge in [0.1, 0.15) is 12.4 Å². The molecule has 2 rings (SSSR count). The molecule has 0 unspecified atom stereocenters. The second kappa shape index (κ2) is 6.31. The van der Waals surface area contributed by atoms with E-state index >= 15 is 0 Å². The van der Waals surface area contributed by atoms with Gasteiger partial charge in [-0.25, -0.2) is 17.8 Å². The van der Waals surface area contributed by atoms with Gasteiger partial charge in [0.25, 0.3) is 6.33 Å². The summed E-state index contributed by atoms with van der Waals surface area (Å²) in [6.07, 6.45) is 6.72. The number of aromatic nitrogens is 2. The number of carbonyl (C=O) groups is 1. The van der Waals surface area contributed by atoms with E-state index in [1.807, 2.05) is 24.6 Å². The highest BCUT2D eigenvalue weighted by molar-refractivity contribution is 7.92. The van der Waals surface area contributed by atoms with Gasteiger partial charge in [-0.2, -0.15) is 4.57 Å². The van der Waals surface area contributed by atoms with E-state index in [-0.39, 0.29) is 12.3 Å². The first kappa shape index (κ1) is 16.2. The zero-order chi connectivity index (χ0) is 16.3. The average Bonchev–Trinajstić information content (AvgIpc) is 2.89. The van der Waals surface area contributed by atoms with Crippen molar-refractivity contribution < 1.29 is 17.8 Å². The van der Waals surface area contributed by atoms with E-state index in [2.05, 4.69) is 4.72 Å². The molecule has 0 bridgehead atoms. The summed E-state index contributed by atoms with van der Waals surface area (Å²) >= 11 is 0. The molecule has 0 saturated heterocycles. The Morgan fingerprint density at radius 3 is 2.41 bits per heavy atom. The molecular weight excluding hydrogens is 302 g/mol. The number of rotatable bonds is 5. The molecule has 7 heteroatoms. The average molecular weight is 322 g/mol. The Kier molecular flexibility index (Phi) is 4.65. The van der Waals surface area contributed by atoms with Crippen LogP contribution in [-0.2, 0) is 16.4 Å². The lowest BCUT2D eigenvalue weighted by Gasteiger charge is -2.04. The summed E-state index contributed by atoms with van der Waals surface area (Å²) in [5, 5.41) is 0. The summed E-state index contributed by atoms with van der Waals surface area (Å²) in [5.41, 5.74) is 1.31. The normalized spacial score (nSPS) is 11.6. The van der Waals surface area contributed by atoms with Crippen LogP contribution >= 0.6 is 0 Å². The minimum Gasteiger partial charge on any atom is -0.284 e. The monoisotopic (exact) mass is 322 g/mol. The van der Waals surface area contributed by atoms with Gasteiger partial charge in [-0.05, 0) is 31.5 Å². The van der Waals surface area contributed by atoms with E-state index in [9.17, 15) is 13.2 Å². The number of hydrogen-bond donors (Lipinski definition) is 1. The highest BCUT2D eigenvalue weighted by Gasteiger charge is 2.15. The molecule has 0 spiro atoms. The molecule has 0 atom stereocenters. The Morgan fingerprint density at radius 2 is 1.91 bits per heavy atom. The fourth-order valence-corrected chi connectivity index (χ4v) is 2.56. The molecule has 0 saturated carbocycles. The second-order valence-corrected chi connectivity index (χ2v) is 7.25. The molecule has 0 amide bonds. The van der Waals surface area contributed by atoms with Gasteiger partial charge in [0.2, 0.25) is 10.0 Å². The molecule has 1 aromatic heterocycles. The van der Waals surface area contributed by atoms with Crippen LogP contribution in [0.15, 0.2) is 43.0 Å². The van der Waals surface area contributed by atoms with E-state index in [0.717, 1.165) is 11.8 Å². The van der Waals surface area contributed by atoms with Gasteiger partial charge in [0, 0.05) is 5.69 Å². The van der Waals surface area contributed by atoms with Crippen LogP contribution < -0.4 is 9.29 Å². The maximum absolute atomic E-state index is 12.2. The Balaban J connectivity index is 2.05. The molecule has 22 heavy (non-hydrogen) atoms. The minimum absolute atomic E-state index is 0.0387. The van der Waals surface area contributed by atoms with Gasteiger partial charge in [-0.1, -0.05) is 12.1 Å². The van der Waals surface area contributed by atoms with Crippen molar-refractivity contribution in [1.82, 2.24) is 4.57 Å². The number of hydrogen-bond acceptors (Lipinski definition) is 3. The van der Waals surface area contributed by atoms with E-state index < -0.39 is 10.0 Å². The number of nitrogens with zero attached hydrogens (tertiary/aromatic N) is 2. The van der Waals surface area contributed by atoms with Crippen molar-refractivity contribution in [2.75, 3.05) is 11.0 Å². The molecule has 0 aliphatic rings. The minimum atomic E-state index is -3.29. The Bertz CT molecular complexity index is 762. The molecule has 0 aliphatic heterocycles. The lowest BCUT2D eigenvalue weighted by molar-refractivity contribution is -0.715. The third-order valence-corrected chi connectivity index (χ3v) is 3.76. The van der Waals surface area contributed by atoms with Crippen molar-refractivity contribution in [3.63, 3.8) is 0 Å². The van der Waals surface area contributed by atoms with Crippen LogP contribution in [0.4, 0.5) is 5.69 Å². The number of nitrogens with one attached hydrogen (secondary N) is 1. The summed E-state index contributed by atoms with van der Waals surface area (Å²) in [6.45, 7) is 4.09. The lowest BCUT2D eigenvalue weighted by atomic mass is 10.1. The maximum atomic E-state index is 12.2. The van der Waals surface area contributed by atoms with Crippen LogP contribution in [0.25, 0.3) is 0 Å². The lowest BCUT2D eigenvalue weighted by Crippen LogP contribution is -2.33. The largest absolute Gasteiger partial charge is 0.318 e. The van der Waals surface area contributed by atoms with E-state index in [4.69, 9.17) is 0 Å². The molecule has 1 N–H and O–H groups in total. The highest BCUT2D eigenvalue weighted by Crippen LogP contribution is 2.12. The van der Waals surface area contributed by atoms with E-state index in [0.29, 0.717) is 11.7 Å².